The first-order chi connectivity index (χ1) is 11.1. The molecule has 0 fully saturated rings. The summed E-state index contributed by atoms with van der Waals surface area (Å²) in [5.74, 6) is -0.622. The average Bonchev–Trinajstić information content (AvgIpc) is 3.10. The first-order valence-electron chi connectivity index (χ1n) is 7.08. The van der Waals surface area contributed by atoms with Crippen molar-refractivity contribution >= 4 is 34.4 Å². The van der Waals surface area contributed by atoms with Crippen LogP contribution >= 0.6 is 11.6 Å². The van der Waals surface area contributed by atoms with Crippen molar-refractivity contribution in [3.63, 3.8) is 0 Å². The SMILES string of the molecule is O=C1c2cnc3[nH]ncc3c2C(=O)N1CCc1cccc(Cl)c1. The molecule has 0 spiro atoms. The quantitative estimate of drug-likeness (QED) is 0.750. The van der Waals surface area contributed by atoms with Crippen molar-refractivity contribution < 1.29 is 9.59 Å². The van der Waals surface area contributed by atoms with Gasteiger partial charge in [-0.25, -0.2) is 4.98 Å². The highest BCUT2D eigenvalue weighted by Gasteiger charge is 2.37. The van der Waals surface area contributed by atoms with Gasteiger partial charge in [-0.3, -0.25) is 19.6 Å². The maximum atomic E-state index is 12.6. The Morgan fingerprint density at radius 2 is 2.04 bits per heavy atom. The molecule has 2 aromatic heterocycles. The van der Waals surface area contributed by atoms with E-state index in [1.165, 1.54) is 17.3 Å². The van der Waals surface area contributed by atoms with Gasteiger partial charge >= 0.3 is 0 Å². The van der Waals surface area contributed by atoms with Crippen LogP contribution in [0.25, 0.3) is 11.0 Å². The number of benzene rings is 1. The second kappa shape index (κ2) is 5.17. The Kier molecular flexibility index (Phi) is 3.12. The maximum Gasteiger partial charge on any atom is 0.263 e. The number of H-pyrrole nitrogens is 1. The molecular weight excluding hydrogens is 316 g/mol. The lowest BCUT2D eigenvalue weighted by atomic mass is 10.1. The molecule has 0 atom stereocenters. The van der Waals surface area contributed by atoms with Gasteiger partial charge in [-0.15, -0.1) is 0 Å². The molecule has 6 nitrogen and oxygen atoms in total. The van der Waals surface area contributed by atoms with E-state index in [4.69, 9.17) is 11.6 Å². The second-order valence-electron chi connectivity index (χ2n) is 5.32. The molecule has 1 aromatic carbocycles. The molecular formula is C16H11ClN4O2. The third-order valence-corrected chi connectivity index (χ3v) is 4.16. The van der Waals surface area contributed by atoms with Crippen LogP contribution in [0.2, 0.25) is 5.02 Å². The van der Waals surface area contributed by atoms with Crippen molar-refractivity contribution in [2.75, 3.05) is 6.54 Å². The molecule has 1 N–H and O–H groups in total. The number of halogens is 1. The van der Waals surface area contributed by atoms with E-state index < -0.39 is 0 Å². The van der Waals surface area contributed by atoms with Crippen LogP contribution in [0.15, 0.2) is 36.7 Å². The molecule has 1 aliphatic rings. The summed E-state index contributed by atoms with van der Waals surface area (Å²) in [6, 6.07) is 7.38. The summed E-state index contributed by atoms with van der Waals surface area (Å²) < 4.78 is 0. The van der Waals surface area contributed by atoms with Gasteiger partial charge in [0.1, 0.15) is 0 Å². The number of pyridine rings is 1. The van der Waals surface area contributed by atoms with Crippen LogP contribution in [0.1, 0.15) is 26.3 Å². The van der Waals surface area contributed by atoms with E-state index in [2.05, 4.69) is 15.2 Å². The lowest BCUT2D eigenvalue weighted by Gasteiger charge is -2.13. The minimum absolute atomic E-state index is 0.298. The molecule has 0 saturated heterocycles. The van der Waals surface area contributed by atoms with Crippen LogP contribution < -0.4 is 0 Å². The molecule has 4 rings (SSSR count). The highest BCUT2D eigenvalue weighted by molar-refractivity contribution is 6.30. The van der Waals surface area contributed by atoms with E-state index >= 15 is 0 Å². The fourth-order valence-corrected chi connectivity index (χ4v) is 3.01. The highest BCUT2D eigenvalue weighted by Crippen LogP contribution is 2.28. The molecule has 0 bridgehead atoms. The molecule has 3 aromatic rings. The van der Waals surface area contributed by atoms with Crippen molar-refractivity contribution in [1.29, 1.82) is 0 Å². The number of carbonyl (C=O) groups is 2. The van der Waals surface area contributed by atoms with Gasteiger partial charge < -0.3 is 0 Å². The first kappa shape index (κ1) is 13.9. The van der Waals surface area contributed by atoms with Crippen LogP contribution in [0.3, 0.4) is 0 Å². The Labute approximate surface area is 136 Å². The second-order valence-corrected chi connectivity index (χ2v) is 5.76. The third-order valence-electron chi connectivity index (χ3n) is 3.93. The number of carbonyl (C=O) groups excluding carboxylic acids is 2. The van der Waals surface area contributed by atoms with Crippen molar-refractivity contribution in [2.24, 2.45) is 0 Å². The van der Waals surface area contributed by atoms with Crippen molar-refractivity contribution in [1.82, 2.24) is 20.1 Å². The molecule has 3 heterocycles. The van der Waals surface area contributed by atoms with E-state index in [1.54, 1.807) is 6.07 Å². The van der Waals surface area contributed by atoms with E-state index in [9.17, 15) is 9.59 Å². The minimum atomic E-state index is -0.317. The highest BCUT2D eigenvalue weighted by atomic mass is 35.5. The summed E-state index contributed by atoms with van der Waals surface area (Å²) in [5.41, 5.74) is 2.18. The Hall–Kier alpha value is -2.73. The normalized spacial score (nSPS) is 13.9. The lowest BCUT2D eigenvalue weighted by molar-refractivity contribution is 0.0656. The Morgan fingerprint density at radius 3 is 2.87 bits per heavy atom. The van der Waals surface area contributed by atoms with Gasteiger partial charge in [0, 0.05) is 17.8 Å². The van der Waals surface area contributed by atoms with Gasteiger partial charge in [-0.2, -0.15) is 5.10 Å². The van der Waals surface area contributed by atoms with Crippen LogP contribution in [0.5, 0.6) is 0 Å². The largest absolute Gasteiger partial charge is 0.274 e. The average molecular weight is 327 g/mol. The van der Waals surface area contributed by atoms with E-state index in [0.29, 0.717) is 40.1 Å². The van der Waals surface area contributed by atoms with Gasteiger partial charge in [-0.1, -0.05) is 23.7 Å². The van der Waals surface area contributed by atoms with Crippen LogP contribution in [0.4, 0.5) is 0 Å². The fourth-order valence-electron chi connectivity index (χ4n) is 2.80. The number of fused-ring (bicyclic) bond motifs is 3. The number of imide groups is 1. The Morgan fingerprint density at radius 1 is 1.17 bits per heavy atom. The number of nitrogens with one attached hydrogen (secondary N) is 1. The van der Waals surface area contributed by atoms with Crippen LogP contribution in [-0.2, 0) is 6.42 Å². The van der Waals surface area contributed by atoms with Crippen molar-refractivity contribution in [2.45, 2.75) is 6.42 Å². The first-order valence-corrected chi connectivity index (χ1v) is 7.45. The van der Waals surface area contributed by atoms with Crippen molar-refractivity contribution in [3.05, 3.63) is 58.4 Å². The molecule has 7 heteroatoms. The van der Waals surface area contributed by atoms with Gasteiger partial charge in [0.25, 0.3) is 11.8 Å². The number of rotatable bonds is 3. The zero-order valence-electron chi connectivity index (χ0n) is 11.9. The molecule has 0 saturated carbocycles. The van der Waals surface area contributed by atoms with Gasteiger partial charge in [-0.05, 0) is 24.1 Å². The Balaban J connectivity index is 1.64. The standard InChI is InChI=1S/C16H11ClN4O2/c17-10-3-1-2-9(6-10)4-5-21-15(22)12-7-18-14-11(8-19-20-14)13(12)16(21)23/h1-3,6-8H,4-5H2,(H,18,19,20). The third kappa shape index (κ3) is 2.19. The molecule has 0 radical (unpaired) electrons. The summed E-state index contributed by atoms with van der Waals surface area (Å²) in [5, 5.41) is 7.80. The van der Waals surface area contributed by atoms with Gasteiger partial charge in [0.2, 0.25) is 0 Å². The summed E-state index contributed by atoms with van der Waals surface area (Å²) >= 11 is 5.96. The zero-order chi connectivity index (χ0) is 16.0. The number of aromatic nitrogens is 3. The van der Waals surface area contributed by atoms with Gasteiger partial charge in [0.05, 0.1) is 22.7 Å². The number of aromatic amines is 1. The summed E-state index contributed by atoms with van der Waals surface area (Å²) in [6.07, 6.45) is 3.50. The Bertz CT molecular complexity index is 950. The summed E-state index contributed by atoms with van der Waals surface area (Å²) in [6.45, 7) is 0.298. The maximum absolute atomic E-state index is 12.6. The predicted octanol–water partition coefficient (Wildman–Crippen LogP) is 2.45. The monoisotopic (exact) mass is 326 g/mol. The summed E-state index contributed by atoms with van der Waals surface area (Å²) in [7, 11) is 0. The minimum Gasteiger partial charge on any atom is -0.274 e. The number of amides is 2. The number of hydrogen-bond acceptors (Lipinski definition) is 4. The van der Waals surface area contributed by atoms with E-state index in [0.717, 1.165) is 5.56 Å². The molecule has 114 valence electrons. The zero-order valence-corrected chi connectivity index (χ0v) is 12.7. The smallest absolute Gasteiger partial charge is 0.263 e. The molecule has 0 aliphatic carbocycles. The lowest BCUT2D eigenvalue weighted by Crippen LogP contribution is -2.31. The predicted molar refractivity (Wildman–Crippen MR) is 84.4 cm³/mol. The topological polar surface area (TPSA) is 79.0 Å². The number of nitrogens with zero attached hydrogens (tertiary/aromatic N) is 3. The van der Waals surface area contributed by atoms with Crippen LogP contribution in [0, 0.1) is 0 Å². The fraction of sp³-hybridized carbons (Fsp3) is 0.125. The molecule has 1 aliphatic heterocycles. The van der Waals surface area contributed by atoms with E-state index in [1.807, 2.05) is 18.2 Å². The summed E-state index contributed by atoms with van der Waals surface area (Å²) in [4.78, 5) is 30.5. The number of hydrogen-bond donors (Lipinski definition) is 1. The molecule has 2 amide bonds. The molecule has 23 heavy (non-hydrogen) atoms. The van der Waals surface area contributed by atoms with E-state index in [-0.39, 0.29) is 11.8 Å². The van der Waals surface area contributed by atoms with Crippen LogP contribution in [-0.4, -0.2) is 38.4 Å². The molecule has 0 unspecified atom stereocenters. The van der Waals surface area contributed by atoms with Gasteiger partial charge in [0.15, 0.2) is 5.65 Å². The van der Waals surface area contributed by atoms with Crippen molar-refractivity contribution in [3.8, 4) is 0 Å².